The monoisotopic (exact) mass is 240 g/mol. The van der Waals surface area contributed by atoms with Crippen LogP contribution in [0.5, 0.6) is 0 Å². The molecule has 1 unspecified atom stereocenters. The van der Waals surface area contributed by atoms with Crippen LogP contribution in [0.15, 0.2) is 12.3 Å². The summed E-state index contributed by atoms with van der Waals surface area (Å²) >= 11 is 0. The Morgan fingerprint density at radius 2 is 2.41 bits per heavy atom. The number of aromatic nitrogens is 1. The number of amides is 1. The van der Waals surface area contributed by atoms with E-state index < -0.39 is 16.9 Å². The van der Waals surface area contributed by atoms with Gasteiger partial charge >= 0.3 is 0 Å². The lowest BCUT2D eigenvalue weighted by molar-refractivity contribution is -0.385. The highest BCUT2D eigenvalue weighted by Crippen LogP contribution is 2.18. The fourth-order valence-corrected chi connectivity index (χ4v) is 1.14. The van der Waals surface area contributed by atoms with Gasteiger partial charge in [0.1, 0.15) is 18.1 Å². The molecule has 1 aromatic heterocycles. The van der Waals surface area contributed by atoms with E-state index in [1.165, 1.54) is 6.07 Å². The maximum Gasteiger partial charge on any atom is 0.290 e. The Morgan fingerprint density at radius 3 is 2.88 bits per heavy atom. The van der Waals surface area contributed by atoms with E-state index in [9.17, 15) is 14.9 Å². The molecule has 1 aromatic rings. The number of nitrogens with zero attached hydrogens (tertiary/aromatic N) is 2. The standard InChI is InChI=1S/C9H12N4O4/c1-5-2-8(11-3-6(5)13(16)17)12-4-7(14)9(10)15/h2-3,7,14H,4H2,1H3,(H2,10,15)(H,11,12). The number of anilines is 1. The van der Waals surface area contributed by atoms with Crippen molar-refractivity contribution in [2.75, 3.05) is 11.9 Å². The lowest BCUT2D eigenvalue weighted by atomic mass is 10.2. The first-order valence-corrected chi connectivity index (χ1v) is 4.74. The number of nitro groups is 1. The van der Waals surface area contributed by atoms with Gasteiger partial charge in [-0.1, -0.05) is 0 Å². The Kier molecular flexibility index (Phi) is 3.94. The number of pyridine rings is 1. The van der Waals surface area contributed by atoms with E-state index >= 15 is 0 Å². The molecule has 0 aliphatic heterocycles. The number of rotatable bonds is 5. The van der Waals surface area contributed by atoms with Gasteiger partial charge in [0.25, 0.3) is 5.69 Å². The minimum absolute atomic E-state index is 0.0917. The molecule has 0 saturated carbocycles. The van der Waals surface area contributed by atoms with Gasteiger partial charge in [0, 0.05) is 5.56 Å². The highest BCUT2D eigenvalue weighted by Gasteiger charge is 2.13. The van der Waals surface area contributed by atoms with Crippen molar-refractivity contribution < 1.29 is 14.8 Å². The van der Waals surface area contributed by atoms with E-state index in [2.05, 4.69) is 10.3 Å². The third-order valence-electron chi connectivity index (χ3n) is 2.08. The van der Waals surface area contributed by atoms with Gasteiger partial charge in [-0.05, 0) is 13.0 Å². The van der Waals surface area contributed by atoms with E-state index in [4.69, 9.17) is 10.8 Å². The molecule has 8 nitrogen and oxygen atoms in total. The minimum atomic E-state index is -1.33. The minimum Gasteiger partial charge on any atom is -0.381 e. The highest BCUT2D eigenvalue weighted by molar-refractivity contribution is 5.79. The molecule has 0 spiro atoms. The van der Waals surface area contributed by atoms with Crippen molar-refractivity contribution in [1.82, 2.24) is 4.98 Å². The fraction of sp³-hybridized carbons (Fsp3) is 0.333. The second-order valence-electron chi connectivity index (χ2n) is 3.41. The first-order chi connectivity index (χ1) is 7.91. The Labute approximate surface area is 96.6 Å². The molecule has 1 amide bonds. The largest absolute Gasteiger partial charge is 0.381 e. The van der Waals surface area contributed by atoms with E-state index in [-0.39, 0.29) is 12.2 Å². The number of hydrogen-bond acceptors (Lipinski definition) is 6. The fourth-order valence-electron chi connectivity index (χ4n) is 1.14. The Balaban J connectivity index is 2.71. The molecule has 0 aliphatic rings. The number of hydrogen-bond donors (Lipinski definition) is 3. The third kappa shape index (κ3) is 3.38. The van der Waals surface area contributed by atoms with E-state index in [1.54, 1.807) is 6.92 Å². The van der Waals surface area contributed by atoms with E-state index in [1.807, 2.05) is 0 Å². The Bertz CT molecular complexity index is 449. The molecule has 0 aromatic carbocycles. The van der Waals surface area contributed by atoms with Gasteiger partial charge in [-0.15, -0.1) is 0 Å². The lowest BCUT2D eigenvalue weighted by Crippen LogP contribution is -2.34. The van der Waals surface area contributed by atoms with Gasteiger partial charge in [-0.2, -0.15) is 0 Å². The second kappa shape index (κ2) is 5.21. The normalized spacial score (nSPS) is 11.9. The van der Waals surface area contributed by atoms with E-state index in [0.717, 1.165) is 6.20 Å². The first kappa shape index (κ1) is 12.8. The maximum atomic E-state index is 10.6. The van der Waals surface area contributed by atoms with Crippen molar-refractivity contribution in [2.45, 2.75) is 13.0 Å². The second-order valence-corrected chi connectivity index (χ2v) is 3.41. The van der Waals surface area contributed by atoms with Crippen LogP contribution in [0.3, 0.4) is 0 Å². The number of aliphatic hydroxyl groups excluding tert-OH is 1. The summed E-state index contributed by atoms with van der Waals surface area (Å²) in [6.45, 7) is 1.47. The van der Waals surface area contributed by atoms with Gasteiger partial charge in [0.15, 0.2) is 0 Å². The zero-order valence-electron chi connectivity index (χ0n) is 9.08. The molecule has 92 valence electrons. The van der Waals surface area contributed by atoms with Gasteiger partial charge in [-0.3, -0.25) is 14.9 Å². The molecule has 0 fully saturated rings. The van der Waals surface area contributed by atoms with E-state index in [0.29, 0.717) is 11.4 Å². The number of carbonyl (C=O) groups excluding carboxylic acids is 1. The Morgan fingerprint density at radius 1 is 1.76 bits per heavy atom. The summed E-state index contributed by atoms with van der Waals surface area (Å²) in [6.07, 6.45) is -0.221. The van der Waals surface area contributed by atoms with Crippen molar-refractivity contribution in [3.63, 3.8) is 0 Å². The molecule has 0 aliphatic carbocycles. The summed E-state index contributed by atoms with van der Waals surface area (Å²) in [5, 5.41) is 22.3. The summed E-state index contributed by atoms with van der Waals surface area (Å²) in [5.41, 5.74) is 5.20. The van der Waals surface area contributed by atoms with Crippen molar-refractivity contribution in [3.05, 3.63) is 27.9 Å². The van der Waals surface area contributed by atoms with Gasteiger partial charge in [0.05, 0.1) is 11.5 Å². The van der Waals surface area contributed by atoms with Crippen LogP contribution in [0.1, 0.15) is 5.56 Å². The van der Waals surface area contributed by atoms with Gasteiger partial charge in [-0.25, -0.2) is 4.98 Å². The molecule has 0 bridgehead atoms. The van der Waals surface area contributed by atoms with Crippen molar-refractivity contribution in [3.8, 4) is 0 Å². The summed E-state index contributed by atoms with van der Waals surface area (Å²) < 4.78 is 0. The zero-order valence-corrected chi connectivity index (χ0v) is 9.08. The molecule has 4 N–H and O–H groups in total. The van der Waals surface area contributed by atoms with Crippen LogP contribution >= 0.6 is 0 Å². The number of aliphatic hydroxyl groups is 1. The predicted octanol–water partition coefficient (Wildman–Crippen LogP) is -0.444. The molecule has 1 rings (SSSR count). The van der Waals surface area contributed by atoms with Crippen LogP contribution in [0.25, 0.3) is 0 Å². The number of primary amides is 1. The van der Waals surface area contributed by atoms with Gasteiger partial charge in [0.2, 0.25) is 5.91 Å². The quantitative estimate of drug-likeness (QED) is 0.472. The Hall–Kier alpha value is -2.22. The van der Waals surface area contributed by atoms with Crippen LogP contribution in [0, 0.1) is 17.0 Å². The van der Waals surface area contributed by atoms with Crippen molar-refractivity contribution >= 4 is 17.4 Å². The molecule has 1 atom stereocenters. The van der Waals surface area contributed by atoms with Crippen LogP contribution < -0.4 is 11.1 Å². The third-order valence-corrected chi connectivity index (χ3v) is 2.08. The average molecular weight is 240 g/mol. The summed E-state index contributed by atoms with van der Waals surface area (Å²) in [7, 11) is 0. The number of carbonyl (C=O) groups is 1. The van der Waals surface area contributed by atoms with Crippen molar-refractivity contribution in [2.24, 2.45) is 5.73 Å². The summed E-state index contributed by atoms with van der Waals surface area (Å²) in [5.74, 6) is -0.524. The van der Waals surface area contributed by atoms with Crippen LogP contribution in [-0.2, 0) is 4.79 Å². The lowest BCUT2D eigenvalue weighted by Gasteiger charge is -2.09. The molecular weight excluding hydrogens is 228 g/mol. The zero-order chi connectivity index (χ0) is 13.0. The predicted molar refractivity (Wildman–Crippen MR) is 59.3 cm³/mol. The maximum absolute atomic E-state index is 10.6. The number of nitrogens with two attached hydrogens (primary N) is 1. The molecule has 0 radical (unpaired) electrons. The van der Waals surface area contributed by atoms with Gasteiger partial charge < -0.3 is 16.2 Å². The van der Waals surface area contributed by atoms with Crippen molar-refractivity contribution in [1.29, 1.82) is 0 Å². The number of nitrogens with one attached hydrogen (secondary N) is 1. The SMILES string of the molecule is Cc1cc(NCC(O)C(N)=O)ncc1[N+](=O)[O-]. The number of aryl methyl sites for hydroxylation is 1. The smallest absolute Gasteiger partial charge is 0.290 e. The van der Waals surface area contributed by atoms with Crippen LogP contribution in [-0.4, -0.2) is 33.6 Å². The summed E-state index contributed by atoms with van der Waals surface area (Å²) in [4.78, 5) is 24.3. The van der Waals surface area contributed by atoms with Crippen LogP contribution in [0.4, 0.5) is 11.5 Å². The average Bonchev–Trinajstić information content (AvgIpc) is 2.25. The molecular formula is C9H12N4O4. The molecule has 1 heterocycles. The molecule has 17 heavy (non-hydrogen) atoms. The highest BCUT2D eigenvalue weighted by atomic mass is 16.6. The first-order valence-electron chi connectivity index (χ1n) is 4.74. The molecule has 8 heteroatoms. The summed E-state index contributed by atoms with van der Waals surface area (Å²) in [6, 6.07) is 1.45. The molecule has 0 saturated heterocycles. The van der Waals surface area contributed by atoms with Crippen LogP contribution in [0.2, 0.25) is 0 Å². The topological polar surface area (TPSA) is 131 Å².